The minimum absolute atomic E-state index is 0.104. The fraction of sp³-hybridized carbons (Fsp3) is 0.227. The zero-order valence-electron chi connectivity index (χ0n) is 15.8. The van der Waals surface area contributed by atoms with Crippen LogP contribution in [0, 0.1) is 11.5 Å². The van der Waals surface area contributed by atoms with Crippen LogP contribution in [0.3, 0.4) is 0 Å². The number of nitrogens with zero attached hydrogens (tertiary/aromatic N) is 4. The average Bonchev–Trinajstić information content (AvgIpc) is 3.52. The number of hydrogen-bond donors (Lipinski definition) is 1. The smallest absolute Gasteiger partial charge is 0.326 e. The number of carbonyl (C=O) groups is 1. The lowest BCUT2D eigenvalue weighted by molar-refractivity contribution is -0.126. The largest absolute Gasteiger partial charge is 0.467 e. The highest BCUT2D eigenvalue weighted by Gasteiger charge is 2.47. The summed E-state index contributed by atoms with van der Waals surface area (Å²) in [6.07, 6.45) is 11.5. The molecule has 1 fully saturated rings. The monoisotopic (exact) mass is 386 g/mol. The van der Waals surface area contributed by atoms with E-state index in [2.05, 4.69) is 16.5 Å². The Morgan fingerprint density at radius 1 is 1.24 bits per heavy atom. The number of hydrogen-bond acceptors (Lipinski definition) is 5. The first-order chi connectivity index (χ1) is 14.2. The van der Waals surface area contributed by atoms with Gasteiger partial charge in [-0.15, -0.1) is 9.74 Å². The first-order valence-electron chi connectivity index (χ1n) is 9.71. The number of amidine groups is 1. The molecule has 1 unspecified atom stereocenters. The second-order valence-electron chi connectivity index (χ2n) is 7.32. The zero-order valence-corrected chi connectivity index (χ0v) is 15.8. The number of para-hydroxylation sites is 1. The number of quaternary nitrogens is 1. The molecule has 3 aliphatic heterocycles. The van der Waals surface area contributed by atoms with E-state index in [0.717, 1.165) is 48.6 Å². The van der Waals surface area contributed by atoms with Crippen LogP contribution in [-0.4, -0.2) is 29.7 Å². The molecular weight excluding hydrogens is 366 g/mol. The van der Waals surface area contributed by atoms with Gasteiger partial charge in [0.25, 0.3) is 11.7 Å². The fourth-order valence-electron chi connectivity index (χ4n) is 4.12. The maximum atomic E-state index is 12.9. The number of likely N-dealkylation sites (tertiary alicyclic amines) is 1. The van der Waals surface area contributed by atoms with Gasteiger partial charge < -0.3 is 14.6 Å². The normalized spacial score (nSPS) is 21.8. The number of furan rings is 1. The molecule has 1 aromatic carbocycles. The Labute approximate surface area is 168 Å². The Bertz CT molecular complexity index is 1100. The van der Waals surface area contributed by atoms with Crippen molar-refractivity contribution in [2.45, 2.75) is 19.4 Å². The molecular formula is C22H20N5O2+. The van der Waals surface area contributed by atoms with Crippen molar-refractivity contribution in [3.8, 4) is 6.19 Å². The quantitative estimate of drug-likeness (QED) is 0.643. The van der Waals surface area contributed by atoms with Gasteiger partial charge in [0.05, 0.1) is 18.5 Å². The van der Waals surface area contributed by atoms with Crippen molar-refractivity contribution >= 4 is 29.2 Å². The summed E-state index contributed by atoms with van der Waals surface area (Å²) in [5.41, 5.74) is 2.83. The van der Waals surface area contributed by atoms with E-state index in [1.54, 1.807) is 12.5 Å². The van der Waals surface area contributed by atoms with Crippen LogP contribution in [0.2, 0.25) is 0 Å². The van der Waals surface area contributed by atoms with E-state index in [0.29, 0.717) is 18.1 Å². The lowest BCUT2D eigenvalue weighted by atomic mass is 10.0. The molecule has 1 aromatic heterocycles. The lowest BCUT2D eigenvalue weighted by Crippen LogP contribution is -2.44. The summed E-state index contributed by atoms with van der Waals surface area (Å²) in [7, 11) is 0. The van der Waals surface area contributed by atoms with Gasteiger partial charge in [0.2, 0.25) is 0 Å². The molecule has 1 saturated heterocycles. The minimum Gasteiger partial charge on any atom is -0.467 e. The van der Waals surface area contributed by atoms with Gasteiger partial charge in [-0.25, -0.2) is 0 Å². The third kappa shape index (κ3) is 2.77. The number of nitriles is 1. The standard InChI is InChI=1S/C22H20N5O2/c23-15-27-14-19(22(28)26-10-1-2-11-26)25-20(27)9-8-16-5-3-7-18(21(16)27)24-13-17-6-4-12-29-17/h3-9,12,14,24H,1-2,10-11,13H2/q+1. The van der Waals surface area contributed by atoms with E-state index in [4.69, 9.17) is 4.42 Å². The highest BCUT2D eigenvalue weighted by Crippen LogP contribution is 2.43. The predicted octanol–water partition coefficient (Wildman–Crippen LogP) is 3.58. The number of benzene rings is 1. The highest BCUT2D eigenvalue weighted by molar-refractivity contribution is 6.17. The third-order valence-electron chi connectivity index (χ3n) is 5.55. The van der Waals surface area contributed by atoms with E-state index >= 15 is 0 Å². The maximum Gasteiger partial charge on any atom is 0.326 e. The van der Waals surface area contributed by atoms with Gasteiger partial charge in [-0.05, 0) is 43.2 Å². The Kier molecular flexibility index (Phi) is 4.07. The van der Waals surface area contributed by atoms with Crippen molar-refractivity contribution in [3.05, 3.63) is 65.9 Å². The molecule has 1 atom stereocenters. The molecule has 1 N–H and O–H groups in total. The summed E-state index contributed by atoms with van der Waals surface area (Å²) < 4.78 is 5.18. The molecule has 0 aliphatic carbocycles. The first-order valence-corrected chi connectivity index (χ1v) is 9.71. The molecule has 1 amide bonds. The molecule has 144 valence electrons. The maximum absolute atomic E-state index is 12.9. The number of anilines is 1. The van der Waals surface area contributed by atoms with Crippen LogP contribution in [0.5, 0.6) is 0 Å². The van der Waals surface area contributed by atoms with Crippen molar-refractivity contribution in [2.24, 2.45) is 4.99 Å². The second-order valence-corrected chi connectivity index (χ2v) is 7.32. The fourth-order valence-corrected chi connectivity index (χ4v) is 4.12. The Hall–Kier alpha value is -3.63. The van der Waals surface area contributed by atoms with Gasteiger partial charge in [0, 0.05) is 24.7 Å². The molecule has 4 heterocycles. The first kappa shape index (κ1) is 17.5. The minimum atomic E-state index is -0.234. The Morgan fingerprint density at radius 2 is 2.10 bits per heavy atom. The van der Waals surface area contributed by atoms with Crippen LogP contribution in [0.1, 0.15) is 24.2 Å². The SMILES string of the molecule is N#C[N+]12C=C(C(=O)N3CCCC3)N=C1C=Cc1cccc(NCc3ccco3)c12. The molecule has 29 heavy (non-hydrogen) atoms. The van der Waals surface area contributed by atoms with Crippen molar-refractivity contribution in [1.29, 1.82) is 5.26 Å². The number of fused-ring (bicyclic) bond motifs is 3. The average molecular weight is 386 g/mol. The topological polar surface area (TPSA) is 81.6 Å². The van der Waals surface area contributed by atoms with Gasteiger partial charge >= 0.3 is 6.19 Å². The summed E-state index contributed by atoms with van der Waals surface area (Å²) in [5.74, 6) is 1.23. The van der Waals surface area contributed by atoms with Crippen LogP contribution in [0.4, 0.5) is 11.4 Å². The van der Waals surface area contributed by atoms with E-state index < -0.39 is 0 Å². The van der Waals surface area contributed by atoms with Crippen LogP contribution in [0.15, 0.2) is 64.0 Å². The van der Waals surface area contributed by atoms with E-state index in [1.807, 2.05) is 47.4 Å². The van der Waals surface area contributed by atoms with E-state index in [9.17, 15) is 10.1 Å². The van der Waals surface area contributed by atoms with Crippen LogP contribution in [0.25, 0.3) is 6.08 Å². The number of nitrogens with one attached hydrogen (secondary N) is 1. The van der Waals surface area contributed by atoms with E-state index in [-0.39, 0.29) is 10.4 Å². The van der Waals surface area contributed by atoms with Gasteiger partial charge in [-0.3, -0.25) is 4.79 Å². The summed E-state index contributed by atoms with van der Waals surface area (Å²) in [6.45, 7) is 1.99. The molecule has 2 aromatic rings. The second kappa shape index (κ2) is 6.76. The molecule has 0 spiro atoms. The van der Waals surface area contributed by atoms with Gasteiger partial charge in [-0.1, -0.05) is 6.07 Å². The molecule has 0 saturated carbocycles. The third-order valence-corrected chi connectivity index (χ3v) is 5.55. The van der Waals surface area contributed by atoms with Crippen molar-refractivity contribution in [2.75, 3.05) is 18.4 Å². The number of aliphatic imine (C=N–C) groups is 1. The summed E-state index contributed by atoms with van der Waals surface area (Å²) in [5, 5.41) is 13.6. The van der Waals surface area contributed by atoms with Crippen molar-refractivity contribution < 1.29 is 9.21 Å². The highest BCUT2D eigenvalue weighted by atomic mass is 16.3. The predicted molar refractivity (Wildman–Crippen MR) is 110 cm³/mol. The number of carbonyl (C=O) groups excluding carboxylic acids is 1. The van der Waals surface area contributed by atoms with E-state index in [1.165, 1.54) is 0 Å². The van der Waals surface area contributed by atoms with Crippen molar-refractivity contribution in [1.82, 2.24) is 9.38 Å². The van der Waals surface area contributed by atoms with Gasteiger partial charge in [0.1, 0.15) is 5.76 Å². The molecule has 7 heteroatoms. The summed E-state index contributed by atoms with van der Waals surface area (Å²) in [4.78, 5) is 19.3. The van der Waals surface area contributed by atoms with Gasteiger partial charge in [0.15, 0.2) is 17.6 Å². The lowest BCUT2D eigenvalue weighted by Gasteiger charge is -2.27. The summed E-state index contributed by atoms with van der Waals surface area (Å²) >= 11 is 0. The molecule has 0 bridgehead atoms. The number of rotatable bonds is 4. The zero-order chi connectivity index (χ0) is 19.8. The van der Waals surface area contributed by atoms with Crippen molar-refractivity contribution in [3.63, 3.8) is 0 Å². The summed E-state index contributed by atoms with van der Waals surface area (Å²) in [6, 6.07) is 9.58. The Morgan fingerprint density at radius 3 is 2.86 bits per heavy atom. The van der Waals surface area contributed by atoms with Crippen LogP contribution >= 0.6 is 0 Å². The molecule has 0 radical (unpaired) electrons. The van der Waals surface area contributed by atoms with Crippen LogP contribution < -0.4 is 9.80 Å². The Balaban J connectivity index is 1.56. The molecule has 3 aliphatic rings. The molecule has 7 nitrogen and oxygen atoms in total. The van der Waals surface area contributed by atoms with Crippen LogP contribution in [-0.2, 0) is 11.3 Å². The number of amides is 1. The van der Waals surface area contributed by atoms with Gasteiger partial charge in [-0.2, -0.15) is 4.99 Å². The molecule has 5 rings (SSSR count).